The SMILES string of the molecule is CC(c1ccc(C(=O)NCc2cc3n(n2)CCCNC3)o1)N1CCCCC1. The Labute approximate surface area is 160 Å². The van der Waals surface area contributed by atoms with Crippen LogP contribution in [-0.4, -0.2) is 40.2 Å². The molecule has 1 atom stereocenters. The van der Waals surface area contributed by atoms with Crippen molar-refractivity contribution in [3.05, 3.63) is 41.1 Å². The zero-order chi connectivity index (χ0) is 18.6. The average Bonchev–Trinajstić information content (AvgIpc) is 3.29. The quantitative estimate of drug-likeness (QED) is 0.844. The summed E-state index contributed by atoms with van der Waals surface area (Å²) < 4.78 is 7.89. The predicted molar refractivity (Wildman–Crippen MR) is 102 cm³/mol. The highest BCUT2D eigenvalue weighted by Gasteiger charge is 2.22. The molecule has 2 aliphatic rings. The van der Waals surface area contributed by atoms with Crippen LogP contribution in [0.2, 0.25) is 0 Å². The number of carbonyl (C=O) groups excluding carboxylic acids is 1. The minimum Gasteiger partial charge on any atom is -0.454 e. The molecule has 2 aliphatic heterocycles. The molecule has 2 aromatic heterocycles. The number of furan rings is 1. The Balaban J connectivity index is 1.34. The first kappa shape index (κ1) is 18.3. The molecule has 0 aliphatic carbocycles. The summed E-state index contributed by atoms with van der Waals surface area (Å²) in [5, 5.41) is 10.9. The van der Waals surface area contributed by atoms with Crippen LogP contribution in [0.4, 0.5) is 0 Å². The molecule has 27 heavy (non-hydrogen) atoms. The van der Waals surface area contributed by atoms with Crippen molar-refractivity contribution in [3.8, 4) is 0 Å². The van der Waals surface area contributed by atoms with Gasteiger partial charge in [-0.25, -0.2) is 0 Å². The molecule has 0 aromatic carbocycles. The molecule has 1 unspecified atom stereocenters. The van der Waals surface area contributed by atoms with Gasteiger partial charge in [-0.15, -0.1) is 0 Å². The highest BCUT2D eigenvalue weighted by Crippen LogP contribution is 2.25. The molecule has 1 fully saturated rings. The van der Waals surface area contributed by atoms with Crippen molar-refractivity contribution < 1.29 is 9.21 Å². The van der Waals surface area contributed by atoms with Gasteiger partial charge in [-0.05, 0) is 64.0 Å². The highest BCUT2D eigenvalue weighted by atomic mass is 16.4. The summed E-state index contributed by atoms with van der Waals surface area (Å²) in [5.41, 5.74) is 2.06. The number of carbonyl (C=O) groups is 1. The number of hydrogen-bond donors (Lipinski definition) is 2. The summed E-state index contributed by atoms with van der Waals surface area (Å²) in [6, 6.07) is 5.98. The molecule has 7 heteroatoms. The summed E-state index contributed by atoms with van der Waals surface area (Å²) in [6.07, 6.45) is 4.86. The maximum atomic E-state index is 12.5. The molecule has 0 saturated carbocycles. The summed E-state index contributed by atoms with van der Waals surface area (Å²) in [7, 11) is 0. The molecule has 1 saturated heterocycles. The number of amides is 1. The van der Waals surface area contributed by atoms with Gasteiger partial charge in [-0.1, -0.05) is 6.42 Å². The Morgan fingerprint density at radius 1 is 1.26 bits per heavy atom. The van der Waals surface area contributed by atoms with Crippen LogP contribution in [0.25, 0.3) is 0 Å². The van der Waals surface area contributed by atoms with Gasteiger partial charge in [0.2, 0.25) is 0 Å². The zero-order valence-electron chi connectivity index (χ0n) is 16.0. The van der Waals surface area contributed by atoms with Gasteiger partial charge in [0.05, 0.1) is 24.0 Å². The minimum absolute atomic E-state index is 0.187. The molecule has 0 bridgehead atoms. The van der Waals surface area contributed by atoms with Crippen LogP contribution in [0.15, 0.2) is 22.6 Å². The van der Waals surface area contributed by atoms with Crippen molar-refractivity contribution >= 4 is 5.91 Å². The number of likely N-dealkylation sites (tertiary alicyclic amines) is 1. The number of fused-ring (bicyclic) bond motifs is 1. The zero-order valence-corrected chi connectivity index (χ0v) is 16.0. The third-order valence-electron chi connectivity index (χ3n) is 5.57. The van der Waals surface area contributed by atoms with Crippen LogP contribution in [0.1, 0.15) is 66.4 Å². The number of aryl methyl sites for hydroxylation is 1. The van der Waals surface area contributed by atoms with Crippen LogP contribution in [0.5, 0.6) is 0 Å². The van der Waals surface area contributed by atoms with E-state index in [0.717, 1.165) is 50.6 Å². The third-order valence-corrected chi connectivity index (χ3v) is 5.57. The van der Waals surface area contributed by atoms with Crippen LogP contribution in [-0.2, 0) is 19.6 Å². The van der Waals surface area contributed by atoms with Crippen molar-refractivity contribution in [3.63, 3.8) is 0 Å². The number of hydrogen-bond acceptors (Lipinski definition) is 5. The van der Waals surface area contributed by atoms with Gasteiger partial charge in [0, 0.05) is 13.1 Å². The highest BCUT2D eigenvalue weighted by molar-refractivity contribution is 5.91. The first-order chi connectivity index (χ1) is 13.2. The monoisotopic (exact) mass is 371 g/mol. The minimum atomic E-state index is -0.187. The standard InChI is InChI=1S/C20H29N5O2/c1-15(24-9-3-2-4-10-24)18-6-7-19(27-18)20(26)22-13-16-12-17-14-21-8-5-11-25(17)23-16/h6-7,12,15,21H,2-5,8-11,13-14H2,1H3,(H,22,26). The topological polar surface area (TPSA) is 75.3 Å². The number of nitrogens with one attached hydrogen (secondary N) is 2. The van der Waals surface area contributed by atoms with Gasteiger partial charge in [0.15, 0.2) is 5.76 Å². The summed E-state index contributed by atoms with van der Waals surface area (Å²) in [6.45, 7) is 7.54. The van der Waals surface area contributed by atoms with E-state index in [1.807, 2.05) is 10.7 Å². The molecule has 7 nitrogen and oxygen atoms in total. The first-order valence-electron chi connectivity index (χ1n) is 10.1. The van der Waals surface area contributed by atoms with Gasteiger partial charge in [-0.2, -0.15) is 5.10 Å². The maximum absolute atomic E-state index is 12.5. The summed E-state index contributed by atoms with van der Waals surface area (Å²) in [4.78, 5) is 14.9. The molecular formula is C20H29N5O2. The molecule has 0 radical (unpaired) electrons. The van der Waals surface area contributed by atoms with Gasteiger partial charge in [0.25, 0.3) is 5.91 Å². The van der Waals surface area contributed by atoms with Crippen LogP contribution in [0.3, 0.4) is 0 Å². The summed E-state index contributed by atoms with van der Waals surface area (Å²) >= 11 is 0. The fourth-order valence-electron chi connectivity index (χ4n) is 3.95. The number of aromatic nitrogens is 2. The Morgan fingerprint density at radius 2 is 2.11 bits per heavy atom. The van der Waals surface area contributed by atoms with Crippen LogP contribution < -0.4 is 10.6 Å². The van der Waals surface area contributed by atoms with E-state index in [1.165, 1.54) is 25.0 Å². The lowest BCUT2D eigenvalue weighted by Crippen LogP contribution is -2.32. The normalized spacial score (nSPS) is 19.3. The van der Waals surface area contributed by atoms with E-state index < -0.39 is 0 Å². The van der Waals surface area contributed by atoms with Crippen molar-refractivity contribution in [1.82, 2.24) is 25.3 Å². The Morgan fingerprint density at radius 3 is 2.96 bits per heavy atom. The number of rotatable bonds is 5. The summed E-state index contributed by atoms with van der Waals surface area (Å²) in [5.74, 6) is 1.05. The molecule has 0 spiro atoms. The van der Waals surface area contributed by atoms with E-state index in [9.17, 15) is 4.79 Å². The second kappa shape index (κ2) is 8.27. The first-order valence-corrected chi connectivity index (χ1v) is 10.1. The largest absolute Gasteiger partial charge is 0.454 e. The van der Waals surface area contributed by atoms with E-state index in [1.54, 1.807) is 6.07 Å². The predicted octanol–water partition coefficient (Wildman–Crippen LogP) is 2.45. The van der Waals surface area contributed by atoms with Gasteiger partial charge < -0.3 is 15.1 Å². The van der Waals surface area contributed by atoms with Crippen LogP contribution in [0, 0.1) is 0 Å². The van der Waals surface area contributed by atoms with E-state index in [4.69, 9.17) is 4.42 Å². The molecule has 4 rings (SSSR count). The van der Waals surface area contributed by atoms with E-state index >= 15 is 0 Å². The lowest BCUT2D eigenvalue weighted by atomic mass is 10.1. The lowest BCUT2D eigenvalue weighted by Gasteiger charge is -2.31. The number of nitrogens with zero attached hydrogens (tertiary/aromatic N) is 3. The Kier molecular flexibility index (Phi) is 5.59. The molecular weight excluding hydrogens is 342 g/mol. The van der Waals surface area contributed by atoms with Crippen LogP contribution >= 0.6 is 0 Å². The van der Waals surface area contributed by atoms with Gasteiger partial charge in [0.1, 0.15) is 5.76 Å². The van der Waals surface area contributed by atoms with E-state index in [-0.39, 0.29) is 11.9 Å². The van der Waals surface area contributed by atoms with Gasteiger partial charge in [-0.3, -0.25) is 14.4 Å². The maximum Gasteiger partial charge on any atom is 0.287 e. The molecule has 146 valence electrons. The molecule has 1 amide bonds. The van der Waals surface area contributed by atoms with Crippen molar-refractivity contribution in [2.75, 3.05) is 19.6 Å². The van der Waals surface area contributed by atoms with Crippen molar-refractivity contribution in [2.45, 2.75) is 58.3 Å². The smallest absolute Gasteiger partial charge is 0.287 e. The fraction of sp³-hybridized carbons (Fsp3) is 0.600. The second-order valence-electron chi connectivity index (χ2n) is 7.54. The fourth-order valence-corrected chi connectivity index (χ4v) is 3.95. The lowest BCUT2D eigenvalue weighted by molar-refractivity contribution is 0.0913. The average molecular weight is 371 g/mol. The van der Waals surface area contributed by atoms with E-state index in [0.29, 0.717) is 12.3 Å². The molecule has 2 aromatic rings. The second-order valence-corrected chi connectivity index (χ2v) is 7.54. The van der Waals surface area contributed by atoms with Crippen molar-refractivity contribution in [2.24, 2.45) is 0 Å². The molecule has 4 heterocycles. The van der Waals surface area contributed by atoms with E-state index in [2.05, 4.69) is 33.6 Å². The Bertz CT molecular complexity index is 752. The number of piperidine rings is 1. The molecule has 2 N–H and O–H groups in total. The van der Waals surface area contributed by atoms with Crippen molar-refractivity contribution in [1.29, 1.82) is 0 Å². The third kappa shape index (κ3) is 4.25. The Hall–Kier alpha value is -2.12. The van der Waals surface area contributed by atoms with Gasteiger partial charge >= 0.3 is 0 Å².